The van der Waals surface area contributed by atoms with Gasteiger partial charge in [0.05, 0.1) is 0 Å². The van der Waals surface area contributed by atoms with E-state index in [1.54, 1.807) is 0 Å². The maximum atomic E-state index is 4.42. The van der Waals surface area contributed by atoms with E-state index >= 15 is 0 Å². The predicted molar refractivity (Wildman–Crippen MR) is 69.0 cm³/mol. The lowest BCUT2D eigenvalue weighted by molar-refractivity contribution is 0.659. The summed E-state index contributed by atoms with van der Waals surface area (Å²) in [7, 11) is 0. The molecule has 1 aromatic heterocycles. The lowest BCUT2D eigenvalue weighted by Gasteiger charge is -2.22. The van der Waals surface area contributed by atoms with E-state index in [1.807, 2.05) is 6.20 Å². The molecule has 1 aromatic rings. The van der Waals surface area contributed by atoms with Crippen LogP contribution in [0.15, 0.2) is 12.3 Å². The Morgan fingerprint density at radius 1 is 1.50 bits per heavy atom. The molecule has 0 radical (unpaired) electrons. The van der Waals surface area contributed by atoms with E-state index in [9.17, 15) is 0 Å². The highest BCUT2D eigenvalue weighted by Crippen LogP contribution is 2.28. The Bertz CT molecular complexity index is 360. The first-order chi connectivity index (χ1) is 7.72. The first-order valence-electron chi connectivity index (χ1n) is 6.41. The fourth-order valence-corrected chi connectivity index (χ4v) is 2.59. The van der Waals surface area contributed by atoms with Crippen molar-refractivity contribution in [2.45, 2.75) is 40.0 Å². The van der Waals surface area contributed by atoms with E-state index in [2.05, 4.69) is 36.7 Å². The zero-order valence-electron chi connectivity index (χ0n) is 10.7. The molecule has 2 heteroatoms. The normalized spacial score (nSPS) is 20.4. The molecule has 1 aliphatic heterocycles. The third kappa shape index (κ3) is 2.21. The van der Waals surface area contributed by atoms with Crippen LogP contribution in [0.4, 0.5) is 5.69 Å². The quantitative estimate of drug-likeness (QED) is 0.774. The molecule has 0 aliphatic carbocycles. The predicted octanol–water partition coefficient (Wildman–Crippen LogP) is 3.19. The van der Waals surface area contributed by atoms with Crippen molar-refractivity contribution in [3.8, 4) is 0 Å². The standard InChI is InChI=1S/C14H22N2/c1-4-5-13-12(3)15-8-6-14(13)16-9-7-11(2)10-16/h6,8,11H,4-5,7,9-10H2,1-3H3/t11-/m1/s1. The van der Waals surface area contributed by atoms with E-state index in [0.29, 0.717) is 0 Å². The summed E-state index contributed by atoms with van der Waals surface area (Å²) < 4.78 is 0. The number of hydrogen-bond donors (Lipinski definition) is 0. The summed E-state index contributed by atoms with van der Waals surface area (Å²) in [5, 5.41) is 0. The van der Waals surface area contributed by atoms with Gasteiger partial charge in [0.1, 0.15) is 0 Å². The lowest BCUT2D eigenvalue weighted by Crippen LogP contribution is -2.21. The number of hydrogen-bond acceptors (Lipinski definition) is 2. The maximum absolute atomic E-state index is 4.42. The van der Waals surface area contributed by atoms with Gasteiger partial charge in [-0.05, 0) is 37.3 Å². The Balaban J connectivity index is 2.28. The highest BCUT2D eigenvalue weighted by Gasteiger charge is 2.21. The number of anilines is 1. The molecule has 0 aromatic carbocycles. The third-order valence-electron chi connectivity index (χ3n) is 3.51. The Kier molecular flexibility index (Phi) is 3.47. The van der Waals surface area contributed by atoms with E-state index < -0.39 is 0 Å². The number of aryl methyl sites for hydroxylation is 1. The van der Waals surface area contributed by atoms with Gasteiger partial charge in [-0.2, -0.15) is 0 Å². The van der Waals surface area contributed by atoms with Crippen molar-refractivity contribution < 1.29 is 0 Å². The Labute approximate surface area is 98.7 Å². The second-order valence-electron chi connectivity index (χ2n) is 4.98. The SMILES string of the molecule is CCCc1c(N2CC[C@@H](C)C2)ccnc1C. The third-order valence-corrected chi connectivity index (χ3v) is 3.51. The molecule has 1 saturated heterocycles. The fourth-order valence-electron chi connectivity index (χ4n) is 2.59. The molecular formula is C14H22N2. The molecule has 2 nitrogen and oxygen atoms in total. The summed E-state index contributed by atoms with van der Waals surface area (Å²) in [6.07, 6.45) is 5.63. The van der Waals surface area contributed by atoms with Crippen molar-refractivity contribution in [2.75, 3.05) is 18.0 Å². The average molecular weight is 218 g/mol. The Morgan fingerprint density at radius 2 is 2.31 bits per heavy atom. The minimum absolute atomic E-state index is 0.836. The van der Waals surface area contributed by atoms with Gasteiger partial charge in [-0.15, -0.1) is 0 Å². The van der Waals surface area contributed by atoms with Crippen molar-refractivity contribution in [3.05, 3.63) is 23.5 Å². The molecule has 0 unspecified atom stereocenters. The smallest absolute Gasteiger partial charge is 0.0432 e. The van der Waals surface area contributed by atoms with E-state index in [-0.39, 0.29) is 0 Å². The molecule has 0 saturated carbocycles. The lowest BCUT2D eigenvalue weighted by atomic mass is 10.1. The van der Waals surface area contributed by atoms with Crippen LogP contribution in [0.2, 0.25) is 0 Å². The molecule has 0 bridgehead atoms. The molecule has 0 spiro atoms. The monoisotopic (exact) mass is 218 g/mol. The van der Waals surface area contributed by atoms with Crippen LogP contribution in [0.5, 0.6) is 0 Å². The summed E-state index contributed by atoms with van der Waals surface area (Å²) in [4.78, 5) is 6.95. The van der Waals surface area contributed by atoms with Gasteiger partial charge in [0.15, 0.2) is 0 Å². The molecule has 16 heavy (non-hydrogen) atoms. The van der Waals surface area contributed by atoms with Crippen LogP contribution in [0, 0.1) is 12.8 Å². The van der Waals surface area contributed by atoms with Gasteiger partial charge in [0.2, 0.25) is 0 Å². The summed E-state index contributed by atoms with van der Waals surface area (Å²) in [6.45, 7) is 9.13. The summed E-state index contributed by atoms with van der Waals surface area (Å²) >= 11 is 0. The summed E-state index contributed by atoms with van der Waals surface area (Å²) in [6, 6.07) is 2.19. The average Bonchev–Trinajstić information content (AvgIpc) is 2.68. The highest BCUT2D eigenvalue weighted by atomic mass is 15.2. The molecule has 2 heterocycles. The Morgan fingerprint density at radius 3 is 2.94 bits per heavy atom. The number of nitrogens with zero attached hydrogens (tertiary/aromatic N) is 2. The van der Waals surface area contributed by atoms with Gasteiger partial charge >= 0.3 is 0 Å². The second-order valence-corrected chi connectivity index (χ2v) is 4.98. The van der Waals surface area contributed by atoms with Crippen LogP contribution in [0.25, 0.3) is 0 Å². The van der Waals surface area contributed by atoms with Gasteiger partial charge < -0.3 is 4.90 Å². The van der Waals surface area contributed by atoms with E-state index in [4.69, 9.17) is 0 Å². The van der Waals surface area contributed by atoms with Crippen LogP contribution in [0.1, 0.15) is 37.9 Å². The van der Waals surface area contributed by atoms with Crippen molar-refractivity contribution in [1.82, 2.24) is 4.98 Å². The summed E-state index contributed by atoms with van der Waals surface area (Å²) in [5.41, 5.74) is 4.09. The number of rotatable bonds is 3. The molecule has 1 aliphatic rings. The molecule has 88 valence electrons. The van der Waals surface area contributed by atoms with Crippen molar-refractivity contribution in [1.29, 1.82) is 0 Å². The topological polar surface area (TPSA) is 16.1 Å². The largest absolute Gasteiger partial charge is 0.371 e. The van der Waals surface area contributed by atoms with Gasteiger partial charge in [0.25, 0.3) is 0 Å². The van der Waals surface area contributed by atoms with Gasteiger partial charge in [0, 0.05) is 30.7 Å². The van der Waals surface area contributed by atoms with Crippen LogP contribution < -0.4 is 4.90 Å². The zero-order chi connectivity index (χ0) is 11.5. The number of aromatic nitrogens is 1. The van der Waals surface area contributed by atoms with E-state index in [1.165, 1.54) is 42.9 Å². The molecular weight excluding hydrogens is 196 g/mol. The number of pyridine rings is 1. The zero-order valence-corrected chi connectivity index (χ0v) is 10.7. The first-order valence-corrected chi connectivity index (χ1v) is 6.41. The van der Waals surface area contributed by atoms with Gasteiger partial charge in [-0.1, -0.05) is 20.3 Å². The van der Waals surface area contributed by atoms with Crippen LogP contribution in [-0.4, -0.2) is 18.1 Å². The molecule has 0 N–H and O–H groups in total. The van der Waals surface area contributed by atoms with Crippen molar-refractivity contribution in [3.63, 3.8) is 0 Å². The molecule has 1 fully saturated rings. The van der Waals surface area contributed by atoms with Crippen molar-refractivity contribution in [2.24, 2.45) is 5.92 Å². The summed E-state index contributed by atoms with van der Waals surface area (Å²) in [5.74, 6) is 0.836. The molecule has 0 amide bonds. The van der Waals surface area contributed by atoms with Gasteiger partial charge in [-0.25, -0.2) is 0 Å². The highest BCUT2D eigenvalue weighted by molar-refractivity contribution is 5.55. The molecule has 1 atom stereocenters. The first kappa shape index (κ1) is 11.4. The van der Waals surface area contributed by atoms with Gasteiger partial charge in [-0.3, -0.25) is 4.98 Å². The second kappa shape index (κ2) is 4.86. The minimum Gasteiger partial charge on any atom is -0.371 e. The maximum Gasteiger partial charge on any atom is 0.0432 e. The van der Waals surface area contributed by atoms with Crippen LogP contribution in [0.3, 0.4) is 0 Å². The van der Waals surface area contributed by atoms with Crippen LogP contribution in [-0.2, 0) is 6.42 Å². The fraction of sp³-hybridized carbons (Fsp3) is 0.643. The minimum atomic E-state index is 0.836. The van der Waals surface area contributed by atoms with Crippen molar-refractivity contribution >= 4 is 5.69 Å². The van der Waals surface area contributed by atoms with E-state index in [0.717, 1.165) is 12.3 Å². The molecule has 2 rings (SSSR count). The van der Waals surface area contributed by atoms with Crippen LogP contribution >= 0.6 is 0 Å². The Hall–Kier alpha value is -1.05.